The normalized spacial score (nSPS) is 30.4. The molecule has 0 bridgehead atoms. The van der Waals surface area contributed by atoms with Crippen molar-refractivity contribution in [2.24, 2.45) is 0 Å². The summed E-state index contributed by atoms with van der Waals surface area (Å²) >= 11 is 3.98. The Kier molecular flexibility index (Phi) is 1.23. The summed E-state index contributed by atoms with van der Waals surface area (Å²) in [5, 5.41) is 2.61. The number of carbonyl (C=O) groups excluding carboxylic acids is 1. The second-order valence-electron chi connectivity index (χ2n) is 1.60. The highest BCUT2D eigenvalue weighted by atomic mass is 32.1. The van der Waals surface area contributed by atoms with Crippen molar-refractivity contribution in [3.05, 3.63) is 0 Å². The van der Waals surface area contributed by atoms with E-state index in [2.05, 4.69) is 17.9 Å². The van der Waals surface area contributed by atoms with Gasteiger partial charge in [0.25, 0.3) is 0 Å². The number of hydrogen-bond acceptors (Lipinski definition) is 2. The third-order valence-electron chi connectivity index (χ3n) is 1.02. The molecule has 1 fully saturated rings. The van der Waals surface area contributed by atoms with Gasteiger partial charge >= 0.3 is 0 Å². The molecule has 0 aromatic heterocycles. The second-order valence-corrected chi connectivity index (χ2v) is 2.22. The molecule has 3 heteroatoms. The summed E-state index contributed by atoms with van der Waals surface area (Å²) < 4.78 is 0. The maximum atomic E-state index is 10.4. The summed E-state index contributed by atoms with van der Waals surface area (Å²) in [6.45, 7) is 0.799. The van der Waals surface area contributed by atoms with Gasteiger partial charge in [-0.1, -0.05) is 0 Å². The van der Waals surface area contributed by atoms with Gasteiger partial charge < -0.3 is 5.32 Å². The summed E-state index contributed by atoms with van der Waals surface area (Å²) in [5.41, 5.74) is 0. The van der Waals surface area contributed by atoms with E-state index in [-0.39, 0.29) is 11.2 Å². The summed E-state index contributed by atoms with van der Waals surface area (Å²) in [4.78, 5) is 10.4. The fourth-order valence-corrected chi connectivity index (χ4v) is 0.801. The van der Waals surface area contributed by atoms with E-state index in [1.165, 1.54) is 0 Å². The molecule has 7 heavy (non-hydrogen) atoms. The monoisotopic (exact) mass is 117 g/mol. The molecular formula is C4H7NOS. The Balaban J connectivity index is 2.48. The van der Waals surface area contributed by atoms with Gasteiger partial charge in [-0.2, -0.15) is 12.6 Å². The lowest BCUT2D eigenvalue weighted by atomic mass is 10.4. The fourth-order valence-electron chi connectivity index (χ4n) is 0.581. The van der Waals surface area contributed by atoms with E-state index in [1.54, 1.807) is 0 Å². The van der Waals surface area contributed by atoms with E-state index >= 15 is 0 Å². The lowest BCUT2D eigenvalue weighted by Gasteiger charge is -1.89. The lowest BCUT2D eigenvalue weighted by Crippen LogP contribution is -2.18. The molecule has 1 aliphatic rings. The molecule has 0 radical (unpaired) electrons. The van der Waals surface area contributed by atoms with Crippen molar-refractivity contribution in [2.75, 3.05) is 6.54 Å². The highest BCUT2D eigenvalue weighted by Crippen LogP contribution is 2.05. The molecule has 0 aromatic rings. The maximum Gasteiger partial charge on any atom is 0.232 e. The van der Waals surface area contributed by atoms with Gasteiger partial charge in [-0.15, -0.1) is 0 Å². The van der Waals surface area contributed by atoms with Gasteiger partial charge in [-0.3, -0.25) is 4.79 Å². The molecule has 0 unspecified atom stereocenters. The van der Waals surface area contributed by atoms with Crippen molar-refractivity contribution in [2.45, 2.75) is 11.7 Å². The van der Waals surface area contributed by atoms with Crippen LogP contribution >= 0.6 is 12.6 Å². The molecule has 0 spiro atoms. The Labute approximate surface area is 47.7 Å². The first-order chi connectivity index (χ1) is 3.30. The molecule has 0 aliphatic carbocycles. The summed E-state index contributed by atoms with van der Waals surface area (Å²) in [7, 11) is 0. The molecule has 0 aromatic carbocycles. The van der Waals surface area contributed by atoms with Crippen LogP contribution in [-0.4, -0.2) is 17.7 Å². The molecule has 1 amide bonds. The molecular weight excluding hydrogens is 110 g/mol. The van der Waals surface area contributed by atoms with E-state index in [0.717, 1.165) is 13.0 Å². The maximum absolute atomic E-state index is 10.4. The molecule has 2 nitrogen and oxygen atoms in total. The van der Waals surface area contributed by atoms with E-state index < -0.39 is 0 Å². The van der Waals surface area contributed by atoms with E-state index in [4.69, 9.17) is 0 Å². The van der Waals surface area contributed by atoms with Crippen LogP contribution in [0.1, 0.15) is 6.42 Å². The standard InChI is InChI=1S/C4H7NOS/c6-4-3(7)1-2-5-4/h3,7H,1-2H2,(H,5,6)/t3-/m1/s1. The molecule has 0 saturated carbocycles. The van der Waals surface area contributed by atoms with E-state index in [0.29, 0.717) is 0 Å². The van der Waals surface area contributed by atoms with Crippen LogP contribution in [0.25, 0.3) is 0 Å². The summed E-state index contributed by atoms with van der Waals surface area (Å²) in [6.07, 6.45) is 0.877. The second kappa shape index (κ2) is 1.74. The number of nitrogens with one attached hydrogen (secondary N) is 1. The highest BCUT2D eigenvalue weighted by Gasteiger charge is 2.18. The van der Waals surface area contributed by atoms with Gasteiger partial charge in [0.1, 0.15) is 0 Å². The minimum atomic E-state index is -0.0417. The lowest BCUT2D eigenvalue weighted by molar-refractivity contribution is -0.118. The first-order valence-corrected chi connectivity index (χ1v) is 2.78. The van der Waals surface area contributed by atoms with Crippen LogP contribution in [0.15, 0.2) is 0 Å². The molecule has 40 valence electrons. The predicted octanol–water partition coefficient (Wildman–Crippen LogP) is -0.195. The van der Waals surface area contributed by atoms with Crippen molar-refractivity contribution in [3.8, 4) is 0 Å². The van der Waals surface area contributed by atoms with Crippen LogP contribution in [0.2, 0.25) is 0 Å². The minimum absolute atomic E-state index is 0.0417. The molecule has 1 heterocycles. The smallest absolute Gasteiger partial charge is 0.232 e. The minimum Gasteiger partial charge on any atom is -0.355 e. The van der Waals surface area contributed by atoms with Gasteiger partial charge in [0.15, 0.2) is 0 Å². The summed E-state index contributed by atoms with van der Waals surface area (Å²) in [6, 6.07) is 0. The van der Waals surface area contributed by atoms with Crippen LogP contribution in [0.5, 0.6) is 0 Å². The van der Waals surface area contributed by atoms with Crippen LogP contribution in [0, 0.1) is 0 Å². The molecule has 1 atom stereocenters. The largest absolute Gasteiger partial charge is 0.355 e. The zero-order valence-electron chi connectivity index (χ0n) is 3.85. The van der Waals surface area contributed by atoms with Gasteiger partial charge in [0, 0.05) is 6.54 Å². The predicted molar refractivity (Wildman–Crippen MR) is 30.4 cm³/mol. The first-order valence-electron chi connectivity index (χ1n) is 2.26. The third-order valence-corrected chi connectivity index (χ3v) is 1.51. The zero-order chi connectivity index (χ0) is 5.28. The van der Waals surface area contributed by atoms with Crippen LogP contribution in [0.3, 0.4) is 0 Å². The molecule has 1 saturated heterocycles. The van der Waals surface area contributed by atoms with Gasteiger partial charge in [0.05, 0.1) is 5.25 Å². The van der Waals surface area contributed by atoms with Crippen molar-refractivity contribution in [1.29, 1.82) is 0 Å². The van der Waals surface area contributed by atoms with Crippen molar-refractivity contribution >= 4 is 18.5 Å². The van der Waals surface area contributed by atoms with Crippen molar-refractivity contribution in [1.82, 2.24) is 5.32 Å². The topological polar surface area (TPSA) is 29.1 Å². The van der Waals surface area contributed by atoms with Crippen LogP contribution < -0.4 is 5.32 Å². The Hall–Kier alpha value is -0.180. The van der Waals surface area contributed by atoms with Gasteiger partial charge in [0.2, 0.25) is 5.91 Å². The van der Waals surface area contributed by atoms with Gasteiger partial charge in [-0.05, 0) is 6.42 Å². The molecule has 1 N–H and O–H groups in total. The average molecular weight is 117 g/mol. The Morgan fingerprint density at radius 3 is 2.71 bits per heavy atom. The number of thiol groups is 1. The number of rotatable bonds is 0. The van der Waals surface area contributed by atoms with Crippen LogP contribution in [0.4, 0.5) is 0 Å². The van der Waals surface area contributed by atoms with E-state index in [9.17, 15) is 4.79 Å². The fraction of sp³-hybridized carbons (Fsp3) is 0.750. The first kappa shape index (κ1) is 4.97. The number of carbonyl (C=O) groups is 1. The highest BCUT2D eigenvalue weighted by molar-refractivity contribution is 7.81. The van der Waals surface area contributed by atoms with Crippen molar-refractivity contribution < 1.29 is 4.79 Å². The quantitative estimate of drug-likeness (QED) is 0.423. The molecule has 1 rings (SSSR count). The van der Waals surface area contributed by atoms with Crippen molar-refractivity contribution in [3.63, 3.8) is 0 Å². The number of amides is 1. The Morgan fingerprint density at radius 1 is 1.86 bits per heavy atom. The zero-order valence-corrected chi connectivity index (χ0v) is 4.74. The van der Waals surface area contributed by atoms with E-state index in [1.807, 2.05) is 0 Å². The molecule has 1 aliphatic heterocycles. The SMILES string of the molecule is O=C1NCC[C@H]1S. The van der Waals surface area contributed by atoms with Gasteiger partial charge in [-0.25, -0.2) is 0 Å². The van der Waals surface area contributed by atoms with Crippen LogP contribution in [-0.2, 0) is 4.79 Å². The average Bonchev–Trinajstić information content (AvgIpc) is 1.91. The number of hydrogen-bond donors (Lipinski definition) is 2. The Morgan fingerprint density at radius 2 is 2.57 bits per heavy atom. The third kappa shape index (κ3) is 0.881. The summed E-state index contributed by atoms with van der Waals surface area (Å²) in [5.74, 6) is 0.0725. The Bertz CT molecular complexity index is 93.7.